The number of amides is 1. The number of carbonyl (C=O) groups is 1. The van der Waals surface area contributed by atoms with E-state index < -0.39 is 0 Å². The summed E-state index contributed by atoms with van der Waals surface area (Å²) in [6, 6.07) is 2.13. The molecule has 4 nitrogen and oxygen atoms in total. The average molecular weight is 333 g/mol. The molecule has 18 heavy (non-hydrogen) atoms. The topological polar surface area (TPSA) is 41.6 Å². The first kappa shape index (κ1) is 13.8. The Hall–Kier alpha value is -0.590. The third-order valence-electron chi connectivity index (χ3n) is 3.16. The summed E-state index contributed by atoms with van der Waals surface area (Å²) in [6.07, 6.45) is 2.16. The number of nitrogens with zero attached hydrogens (tertiary/aromatic N) is 1. The van der Waals surface area contributed by atoms with Crippen LogP contribution < -0.4 is 10.1 Å². The first-order valence-corrected chi connectivity index (χ1v) is 7.57. The molecule has 1 amide bonds. The normalized spacial score (nSPS) is 19.3. The van der Waals surface area contributed by atoms with Crippen LogP contribution in [0.5, 0.6) is 5.75 Å². The molecule has 2 heterocycles. The van der Waals surface area contributed by atoms with Gasteiger partial charge in [-0.1, -0.05) is 0 Å². The van der Waals surface area contributed by atoms with Gasteiger partial charge in [-0.15, -0.1) is 11.3 Å². The van der Waals surface area contributed by atoms with E-state index in [2.05, 4.69) is 21.2 Å². The van der Waals surface area contributed by atoms with Crippen LogP contribution in [0.4, 0.5) is 0 Å². The summed E-state index contributed by atoms with van der Waals surface area (Å²) in [7, 11) is 3.53. The second-order valence-electron chi connectivity index (χ2n) is 4.31. The average Bonchev–Trinajstić information content (AvgIpc) is 2.95. The fourth-order valence-corrected chi connectivity index (χ4v) is 3.90. The van der Waals surface area contributed by atoms with Gasteiger partial charge in [0.15, 0.2) is 0 Å². The van der Waals surface area contributed by atoms with Crippen molar-refractivity contribution in [2.45, 2.75) is 18.9 Å². The van der Waals surface area contributed by atoms with Gasteiger partial charge in [-0.25, -0.2) is 0 Å². The molecule has 0 bridgehead atoms. The van der Waals surface area contributed by atoms with Crippen LogP contribution >= 0.6 is 27.3 Å². The van der Waals surface area contributed by atoms with Crippen molar-refractivity contribution in [3.8, 4) is 5.75 Å². The van der Waals surface area contributed by atoms with Gasteiger partial charge in [0.2, 0.25) is 0 Å². The van der Waals surface area contributed by atoms with Gasteiger partial charge in [-0.05, 0) is 35.8 Å². The molecule has 1 aliphatic rings. The lowest BCUT2D eigenvalue weighted by molar-refractivity contribution is 0.0741. The molecular weight excluding hydrogens is 316 g/mol. The minimum Gasteiger partial charge on any atom is -0.495 e. The Balaban J connectivity index is 2.14. The molecule has 1 unspecified atom stereocenters. The maximum absolute atomic E-state index is 12.4. The highest BCUT2D eigenvalue weighted by Gasteiger charge is 2.30. The van der Waals surface area contributed by atoms with E-state index in [0.717, 1.165) is 40.3 Å². The van der Waals surface area contributed by atoms with E-state index in [-0.39, 0.29) is 5.91 Å². The van der Waals surface area contributed by atoms with Crippen molar-refractivity contribution < 1.29 is 9.53 Å². The largest absolute Gasteiger partial charge is 0.495 e. The van der Waals surface area contributed by atoms with Gasteiger partial charge >= 0.3 is 0 Å². The molecule has 100 valence electrons. The Labute approximate surface area is 119 Å². The molecule has 1 atom stereocenters. The second kappa shape index (κ2) is 6.04. The number of hydrogen-bond acceptors (Lipinski definition) is 4. The van der Waals surface area contributed by atoms with E-state index in [1.54, 1.807) is 7.11 Å². The SMILES string of the molecule is CNCC1CCCN1C(=O)c1cc(OC)c(Br)s1. The maximum atomic E-state index is 12.4. The van der Waals surface area contributed by atoms with Gasteiger partial charge in [0.25, 0.3) is 5.91 Å². The predicted molar refractivity (Wildman–Crippen MR) is 76.6 cm³/mol. The fraction of sp³-hybridized carbons (Fsp3) is 0.583. The lowest BCUT2D eigenvalue weighted by Gasteiger charge is -2.23. The Morgan fingerprint density at radius 1 is 1.72 bits per heavy atom. The van der Waals surface area contributed by atoms with E-state index in [1.807, 2.05) is 18.0 Å². The number of halogens is 1. The molecule has 2 rings (SSSR count). The Morgan fingerprint density at radius 3 is 3.11 bits per heavy atom. The number of nitrogens with one attached hydrogen (secondary N) is 1. The number of hydrogen-bond donors (Lipinski definition) is 1. The number of carbonyl (C=O) groups excluding carboxylic acids is 1. The number of rotatable bonds is 4. The molecule has 1 N–H and O–H groups in total. The van der Waals surface area contributed by atoms with E-state index in [0.29, 0.717) is 6.04 Å². The van der Waals surface area contributed by atoms with Crippen molar-refractivity contribution in [2.24, 2.45) is 0 Å². The number of thiophene rings is 1. The first-order chi connectivity index (χ1) is 8.67. The monoisotopic (exact) mass is 332 g/mol. The molecule has 1 aromatic heterocycles. The van der Waals surface area contributed by atoms with Crippen LogP contribution in [0, 0.1) is 0 Å². The second-order valence-corrected chi connectivity index (χ2v) is 6.68. The number of ether oxygens (including phenoxy) is 1. The van der Waals surface area contributed by atoms with Crippen LogP contribution in [0.25, 0.3) is 0 Å². The van der Waals surface area contributed by atoms with E-state index >= 15 is 0 Å². The van der Waals surface area contributed by atoms with Crippen LogP contribution in [0.15, 0.2) is 9.85 Å². The molecule has 0 saturated carbocycles. The lowest BCUT2D eigenvalue weighted by atomic mass is 10.2. The summed E-state index contributed by atoms with van der Waals surface area (Å²) in [5, 5.41) is 3.15. The number of methoxy groups -OCH3 is 1. The molecule has 1 aromatic rings. The highest BCUT2D eigenvalue weighted by Crippen LogP contribution is 2.35. The number of likely N-dealkylation sites (tertiary alicyclic amines) is 1. The van der Waals surface area contributed by atoms with Crippen LogP contribution in [0.3, 0.4) is 0 Å². The lowest BCUT2D eigenvalue weighted by Crippen LogP contribution is -2.40. The highest BCUT2D eigenvalue weighted by atomic mass is 79.9. The Bertz CT molecular complexity index is 436. The van der Waals surface area contributed by atoms with Crippen LogP contribution in [-0.4, -0.2) is 44.1 Å². The van der Waals surface area contributed by atoms with Crippen LogP contribution in [0.2, 0.25) is 0 Å². The third-order valence-corrected chi connectivity index (χ3v) is 4.93. The van der Waals surface area contributed by atoms with E-state index in [1.165, 1.54) is 11.3 Å². The molecule has 1 saturated heterocycles. The van der Waals surface area contributed by atoms with Crippen LogP contribution in [0.1, 0.15) is 22.5 Å². The van der Waals surface area contributed by atoms with Gasteiger partial charge in [0.1, 0.15) is 9.54 Å². The smallest absolute Gasteiger partial charge is 0.264 e. The van der Waals surface area contributed by atoms with Crippen molar-refractivity contribution in [1.29, 1.82) is 0 Å². The summed E-state index contributed by atoms with van der Waals surface area (Å²) >= 11 is 4.84. The molecular formula is C12H17BrN2O2S. The van der Waals surface area contributed by atoms with Gasteiger partial charge in [-0.2, -0.15) is 0 Å². The minimum absolute atomic E-state index is 0.113. The van der Waals surface area contributed by atoms with Crippen molar-refractivity contribution in [1.82, 2.24) is 10.2 Å². The molecule has 0 radical (unpaired) electrons. The summed E-state index contributed by atoms with van der Waals surface area (Å²) < 4.78 is 6.07. The quantitative estimate of drug-likeness (QED) is 0.920. The van der Waals surface area contributed by atoms with Gasteiger partial charge < -0.3 is 15.0 Å². The third kappa shape index (κ3) is 2.70. The van der Waals surface area contributed by atoms with E-state index in [9.17, 15) is 4.79 Å². The van der Waals surface area contributed by atoms with Crippen molar-refractivity contribution in [3.05, 3.63) is 14.7 Å². The van der Waals surface area contributed by atoms with Gasteiger partial charge in [0, 0.05) is 25.2 Å². The van der Waals surface area contributed by atoms with Gasteiger partial charge in [0.05, 0.1) is 12.0 Å². The molecule has 1 fully saturated rings. The molecule has 6 heteroatoms. The van der Waals surface area contributed by atoms with Crippen LogP contribution in [-0.2, 0) is 0 Å². The maximum Gasteiger partial charge on any atom is 0.264 e. The summed E-state index contributed by atoms with van der Waals surface area (Å²) in [5.41, 5.74) is 0. The Morgan fingerprint density at radius 2 is 2.50 bits per heavy atom. The van der Waals surface area contributed by atoms with Gasteiger partial charge in [-0.3, -0.25) is 4.79 Å². The van der Waals surface area contributed by atoms with Crippen molar-refractivity contribution in [3.63, 3.8) is 0 Å². The molecule has 0 aromatic carbocycles. The summed E-state index contributed by atoms with van der Waals surface area (Å²) in [5.74, 6) is 0.842. The zero-order valence-electron chi connectivity index (χ0n) is 10.5. The zero-order chi connectivity index (χ0) is 13.1. The molecule has 0 spiro atoms. The molecule has 1 aliphatic heterocycles. The minimum atomic E-state index is 0.113. The zero-order valence-corrected chi connectivity index (χ0v) is 12.9. The highest BCUT2D eigenvalue weighted by molar-refractivity contribution is 9.11. The van der Waals surface area contributed by atoms with Crippen molar-refractivity contribution in [2.75, 3.05) is 27.2 Å². The summed E-state index contributed by atoms with van der Waals surface area (Å²) in [4.78, 5) is 15.2. The standard InChI is InChI=1S/C12H17BrN2O2S/c1-14-7-8-4-3-5-15(8)12(16)10-6-9(17-2)11(13)18-10/h6,8,14H,3-5,7H2,1-2H3. The molecule has 0 aliphatic carbocycles. The Kier molecular flexibility index (Phi) is 4.64. The fourth-order valence-electron chi connectivity index (χ4n) is 2.29. The first-order valence-electron chi connectivity index (χ1n) is 5.96. The predicted octanol–water partition coefficient (Wildman–Crippen LogP) is 2.34. The number of likely N-dealkylation sites (N-methyl/N-ethyl adjacent to an activating group) is 1. The van der Waals surface area contributed by atoms with Crippen molar-refractivity contribution >= 4 is 33.2 Å². The summed E-state index contributed by atoms with van der Waals surface area (Å²) in [6.45, 7) is 1.71. The van der Waals surface area contributed by atoms with E-state index in [4.69, 9.17) is 4.74 Å².